The number of nitrogens with one attached hydrogen (secondary N) is 1. The first-order valence-corrected chi connectivity index (χ1v) is 6.92. The molecule has 1 aliphatic carbocycles. The Balaban J connectivity index is 1.79. The summed E-state index contributed by atoms with van der Waals surface area (Å²) in [5.74, 6) is 0.990. The summed E-state index contributed by atoms with van der Waals surface area (Å²) >= 11 is 0. The number of rotatable bonds is 6. The monoisotopic (exact) mass is 269 g/mol. The second kappa shape index (κ2) is 6.85. The third-order valence-electron chi connectivity index (χ3n) is 3.88. The molecule has 2 rings (SSSR count). The van der Waals surface area contributed by atoms with Crippen LogP contribution in [0.2, 0.25) is 0 Å². The molecule has 1 aliphatic rings. The van der Waals surface area contributed by atoms with Crippen molar-refractivity contribution in [2.24, 2.45) is 5.92 Å². The molecule has 0 aromatic heterocycles. The fourth-order valence-electron chi connectivity index (χ4n) is 2.69. The van der Waals surface area contributed by atoms with Gasteiger partial charge in [0.2, 0.25) is 0 Å². The van der Waals surface area contributed by atoms with E-state index in [1.165, 1.54) is 25.7 Å². The summed E-state index contributed by atoms with van der Waals surface area (Å²) < 4.78 is 28.3. The fraction of sp³-hybridized carbons (Fsp3) is 0.600. The van der Waals surface area contributed by atoms with Gasteiger partial charge in [0.05, 0.1) is 0 Å². The molecule has 2 nitrogen and oxygen atoms in total. The second-order valence-electron chi connectivity index (χ2n) is 5.24. The molecule has 19 heavy (non-hydrogen) atoms. The van der Waals surface area contributed by atoms with Crippen LogP contribution in [-0.2, 0) is 6.54 Å². The van der Waals surface area contributed by atoms with E-state index in [2.05, 4.69) is 17.0 Å². The number of alkyl halides is 2. The highest BCUT2D eigenvalue weighted by Gasteiger charge is 2.20. The number of hydrogen-bond acceptors (Lipinski definition) is 2. The highest BCUT2D eigenvalue weighted by Crippen LogP contribution is 2.27. The van der Waals surface area contributed by atoms with E-state index >= 15 is 0 Å². The Labute approximate surface area is 113 Å². The average Bonchev–Trinajstić information content (AvgIpc) is 2.91. The molecule has 106 valence electrons. The van der Waals surface area contributed by atoms with Crippen molar-refractivity contribution in [3.8, 4) is 5.75 Å². The molecule has 1 unspecified atom stereocenters. The van der Waals surface area contributed by atoms with E-state index in [-0.39, 0.29) is 5.75 Å². The maximum absolute atomic E-state index is 12.0. The van der Waals surface area contributed by atoms with E-state index in [1.807, 2.05) is 12.1 Å². The quantitative estimate of drug-likeness (QED) is 0.844. The normalized spacial score (nSPS) is 17.9. The van der Waals surface area contributed by atoms with E-state index in [0.29, 0.717) is 6.04 Å². The number of halogens is 2. The van der Waals surface area contributed by atoms with Crippen molar-refractivity contribution in [3.63, 3.8) is 0 Å². The van der Waals surface area contributed by atoms with E-state index in [4.69, 9.17) is 0 Å². The molecule has 0 saturated heterocycles. The van der Waals surface area contributed by atoms with Crippen LogP contribution in [0, 0.1) is 5.92 Å². The van der Waals surface area contributed by atoms with Crippen LogP contribution in [0.3, 0.4) is 0 Å². The summed E-state index contributed by atoms with van der Waals surface area (Å²) in [7, 11) is 0. The van der Waals surface area contributed by atoms with Crippen molar-refractivity contribution in [1.82, 2.24) is 5.32 Å². The van der Waals surface area contributed by atoms with E-state index in [1.54, 1.807) is 12.1 Å². The van der Waals surface area contributed by atoms with Gasteiger partial charge < -0.3 is 10.1 Å². The molecule has 0 heterocycles. The minimum absolute atomic E-state index is 0.211. The Hall–Kier alpha value is -1.16. The Kier molecular flexibility index (Phi) is 5.14. The summed E-state index contributed by atoms with van der Waals surface area (Å²) in [6.07, 6.45) is 5.32. The lowest BCUT2D eigenvalue weighted by Crippen LogP contribution is -2.31. The van der Waals surface area contributed by atoms with Crippen molar-refractivity contribution in [2.45, 2.75) is 51.8 Å². The minimum Gasteiger partial charge on any atom is -0.435 e. The zero-order valence-corrected chi connectivity index (χ0v) is 11.2. The zero-order chi connectivity index (χ0) is 13.7. The standard InChI is InChI=1S/C15H21F2NO/c1-11(13-4-2-3-5-13)18-10-12-6-8-14(9-7-12)19-15(16)17/h6-9,11,13,15,18H,2-5,10H2,1H3. The number of ether oxygens (including phenoxy) is 1. The van der Waals surface area contributed by atoms with E-state index in [9.17, 15) is 8.78 Å². The minimum atomic E-state index is -2.76. The van der Waals surface area contributed by atoms with Gasteiger partial charge in [-0.1, -0.05) is 25.0 Å². The molecule has 1 aromatic rings. The fourth-order valence-corrected chi connectivity index (χ4v) is 2.69. The van der Waals surface area contributed by atoms with Crippen LogP contribution in [-0.4, -0.2) is 12.7 Å². The van der Waals surface area contributed by atoms with Crippen molar-refractivity contribution < 1.29 is 13.5 Å². The molecule has 0 spiro atoms. The molecule has 0 amide bonds. The molecule has 1 saturated carbocycles. The molecule has 0 aliphatic heterocycles. The summed E-state index contributed by atoms with van der Waals surface area (Å²) in [5, 5.41) is 3.51. The van der Waals surface area contributed by atoms with Gasteiger partial charge in [0, 0.05) is 12.6 Å². The van der Waals surface area contributed by atoms with Crippen molar-refractivity contribution >= 4 is 0 Å². The molecule has 1 N–H and O–H groups in total. The van der Waals surface area contributed by atoms with Crippen molar-refractivity contribution in [2.75, 3.05) is 0 Å². The smallest absolute Gasteiger partial charge is 0.387 e. The first-order valence-electron chi connectivity index (χ1n) is 6.92. The summed E-state index contributed by atoms with van der Waals surface area (Å²) in [6.45, 7) is 0.239. The van der Waals surface area contributed by atoms with Crippen LogP contribution in [0.5, 0.6) is 5.75 Å². The molecule has 4 heteroatoms. The third kappa shape index (κ3) is 4.46. The van der Waals surface area contributed by atoms with Gasteiger partial charge in [-0.25, -0.2) is 0 Å². The van der Waals surface area contributed by atoms with E-state index in [0.717, 1.165) is 18.0 Å². The molecule has 1 aromatic carbocycles. The van der Waals surface area contributed by atoms with E-state index < -0.39 is 6.61 Å². The molecular weight excluding hydrogens is 248 g/mol. The predicted molar refractivity (Wildman–Crippen MR) is 71.3 cm³/mol. The first kappa shape index (κ1) is 14.3. The topological polar surface area (TPSA) is 21.3 Å². The summed E-state index contributed by atoms with van der Waals surface area (Å²) in [4.78, 5) is 0. The maximum Gasteiger partial charge on any atom is 0.387 e. The second-order valence-corrected chi connectivity index (χ2v) is 5.24. The molecule has 1 atom stereocenters. The Morgan fingerprint density at radius 2 is 1.84 bits per heavy atom. The van der Waals surface area contributed by atoms with Gasteiger partial charge in [0.15, 0.2) is 0 Å². The SMILES string of the molecule is CC(NCc1ccc(OC(F)F)cc1)C1CCCC1. The number of benzene rings is 1. The van der Waals surface area contributed by atoms with Crippen LogP contribution in [0.15, 0.2) is 24.3 Å². The largest absolute Gasteiger partial charge is 0.435 e. The summed E-state index contributed by atoms with van der Waals surface area (Å²) in [6, 6.07) is 7.34. The Morgan fingerprint density at radius 3 is 2.42 bits per heavy atom. The van der Waals surface area contributed by atoms with Gasteiger partial charge in [0.25, 0.3) is 0 Å². The lowest BCUT2D eigenvalue weighted by atomic mass is 9.99. The van der Waals surface area contributed by atoms with Gasteiger partial charge in [-0.05, 0) is 43.4 Å². The maximum atomic E-state index is 12.0. The van der Waals surface area contributed by atoms with Gasteiger partial charge in [-0.15, -0.1) is 0 Å². The molecule has 0 bridgehead atoms. The lowest BCUT2D eigenvalue weighted by Gasteiger charge is -2.20. The highest BCUT2D eigenvalue weighted by atomic mass is 19.3. The average molecular weight is 269 g/mol. The highest BCUT2D eigenvalue weighted by molar-refractivity contribution is 5.27. The van der Waals surface area contributed by atoms with Gasteiger partial charge in [0.1, 0.15) is 5.75 Å². The number of hydrogen-bond donors (Lipinski definition) is 1. The molecule has 0 radical (unpaired) electrons. The third-order valence-corrected chi connectivity index (χ3v) is 3.88. The van der Waals surface area contributed by atoms with Gasteiger partial charge in [-0.2, -0.15) is 8.78 Å². The van der Waals surface area contributed by atoms with Crippen LogP contribution < -0.4 is 10.1 Å². The first-order chi connectivity index (χ1) is 9.15. The molecule has 1 fully saturated rings. The van der Waals surface area contributed by atoms with Crippen LogP contribution in [0.4, 0.5) is 8.78 Å². The van der Waals surface area contributed by atoms with Crippen LogP contribution >= 0.6 is 0 Å². The zero-order valence-electron chi connectivity index (χ0n) is 11.2. The Bertz CT molecular complexity index is 374. The summed E-state index contributed by atoms with van der Waals surface area (Å²) in [5.41, 5.74) is 1.09. The Morgan fingerprint density at radius 1 is 1.21 bits per heavy atom. The molecular formula is C15H21F2NO. The van der Waals surface area contributed by atoms with Crippen LogP contribution in [0.25, 0.3) is 0 Å². The predicted octanol–water partition coefficient (Wildman–Crippen LogP) is 3.96. The van der Waals surface area contributed by atoms with Crippen molar-refractivity contribution in [3.05, 3.63) is 29.8 Å². The van der Waals surface area contributed by atoms with Gasteiger partial charge in [-0.3, -0.25) is 0 Å². The van der Waals surface area contributed by atoms with Gasteiger partial charge >= 0.3 is 6.61 Å². The lowest BCUT2D eigenvalue weighted by molar-refractivity contribution is -0.0498. The van der Waals surface area contributed by atoms with Crippen LogP contribution in [0.1, 0.15) is 38.2 Å². The van der Waals surface area contributed by atoms with Crippen molar-refractivity contribution in [1.29, 1.82) is 0 Å².